The number of rotatable bonds is 6. The number of thiazole rings is 2. The predicted molar refractivity (Wildman–Crippen MR) is 113 cm³/mol. The zero-order valence-electron chi connectivity index (χ0n) is 14.3. The number of amides is 1. The van der Waals surface area contributed by atoms with Gasteiger partial charge in [-0.25, -0.2) is 9.97 Å². The fourth-order valence-electron chi connectivity index (χ4n) is 2.43. The molecule has 0 bridgehead atoms. The van der Waals surface area contributed by atoms with Crippen LogP contribution in [0.4, 0.5) is 5.13 Å². The summed E-state index contributed by atoms with van der Waals surface area (Å²) < 4.78 is 7.07. The summed E-state index contributed by atoms with van der Waals surface area (Å²) in [5.74, 6) is 0.973. The number of hydrogen-bond donors (Lipinski definition) is 1. The van der Waals surface area contributed by atoms with Crippen molar-refractivity contribution in [3.05, 3.63) is 53.9 Å². The molecule has 27 heavy (non-hydrogen) atoms. The van der Waals surface area contributed by atoms with Crippen LogP contribution < -0.4 is 10.1 Å². The van der Waals surface area contributed by atoms with Gasteiger partial charge in [0, 0.05) is 10.9 Å². The Balaban J connectivity index is 1.37. The van der Waals surface area contributed by atoms with E-state index in [2.05, 4.69) is 15.3 Å². The summed E-state index contributed by atoms with van der Waals surface area (Å²) in [4.78, 5) is 21.3. The first kappa shape index (κ1) is 18.0. The molecular formula is C19H15N3O2S3. The Morgan fingerprint density at radius 1 is 1.19 bits per heavy atom. The van der Waals surface area contributed by atoms with Crippen LogP contribution in [0.2, 0.25) is 0 Å². The number of thioether (sulfide) groups is 1. The summed E-state index contributed by atoms with van der Waals surface area (Å²) in [6.45, 7) is 0. The average molecular weight is 414 g/mol. The van der Waals surface area contributed by atoms with E-state index in [0.717, 1.165) is 31.6 Å². The van der Waals surface area contributed by atoms with E-state index >= 15 is 0 Å². The van der Waals surface area contributed by atoms with Crippen LogP contribution in [0.15, 0.2) is 58.3 Å². The molecule has 2 aromatic heterocycles. The molecule has 136 valence electrons. The zero-order chi connectivity index (χ0) is 18.6. The first-order valence-electron chi connectivity index (χ1n) is 8.09. The van der Waals surface area contributed by atoms with Gasteiger partial charge >= 0.3 is 0 Å². The Morgan fingerprint density at radius 2 is 2.04 bits per heavy atom. The maximum atomic E-state index is 12.2. The quantitative estimate of drug-likeness (QED) is 0.442. The summed E-state index contributed by atoms with van der Waals surface area (Å²) in [7, 11) is 1.63. The highest BCUT2D eigenvalue weighted by atomic mass is 32.2. The molecular weight excluding hydrogens is 398 g/mol. The summed E-state index contributed by atoms with van der Waals surface area (Å²) in [6, 6.07) is 15.7. The molecule has 0 atom stereocenters. The molecule has 0 saturated carbocycles. The molecule has 0 fully saturated rings. The summed E-state index contributed by atoms with van der Waals surface area (Å²) in [5, 5.41) is 5.46. The number of anilines is 1. The Labute approximate surface area is 168 Å². The van der Waals surface area contributed by atoms with Crippen LogP contribution in [0.1, 0.15) is 0 Å². The molecule has 5 nitrogen and oxygen atoms in total. The minimum Gasteiger partial charge on any atom is -0.497 e. The third kappa shape index (κ3) is 4.29. The average Bonchev–Trinajstić information content (AvgIpc) is 3.33. The van der Waals surface area contributed by atoms with Gasteiger partial charge in [-0.05, 0) is 18.2 Å². The van der Waals surface area contributed by atoms with Gasteiger partial charge in [-0.1, -0.05) is 53.4 Å². The van der Waals surface area contributed by atoms with Crippen molar-refractivity contribution in [2.24, 2.45) is 0 Å². The van der Waals surface area contributed by atoms with E-state index in [1.165, 1.54) is 23.1 Å². The Hall–Kier alpha value is -2.42. The SMILES string of the molecule is COc1ccc2nc(NC(=O)CSc3nc(-c4ccccc4)cs3)sc2c1. The second kappa shape index (κ2) is 8.08. The third-order valence-corrected chi connectivity index (χ3v) is 6.68. The van der Waals surface area contributed by atoms with Crippen molar-refractivity contribution in [2.45, 2.75) is 4.34 Å². The number of hydrogen-bond acceptors (Lipinski definition) is 7. The van der Waals surface area contributed by atoms with Gasteiger partial charge in [-0.3, -0.25) is 4.79 Å². The predicted octanol–water partition coefficient (Wildman–Crippen LogP) is 5.16. The molecule has 1 amide bonds. The van der Waals surface area contributed by atoms with Gasteiger partial charge in [0.25, 0.3) is 0 Å². The summed E-state index contributed by atoms with van der Waals surface area (Å²) in [6.07, 6.45) is 0. The summed E-state index contributed by atoms with van der Waals surface area (Å²) >= 11 is 4.41. The van der Waals surface area contributed by atoms with Crippen molar-refractivity contribution in [2.75, 3.05) is 18.2 Å². The number of ether oxygens (including phenoxy) is 1. The highest BCUT2D eigenvalue weighted by Gasteiger charge is 2.11. The fraction of sp³-hybridized carbons (Fsp3) is 0.105. The normalized spacial score (nSPS) is 10.9. The molecule has 0 aliphatic rings. The van der Waals surface area contributed by atoms with Crippen molar-refractivity contribution in [1.29, 1.82) is 0 Å². The first-order valence-corrected chi connectivity index (χ1v) is 10.8. The van der Waals surface area contributed by atoms with Crippen LogP contribution in [0, 0.1) is 0 Å². The van der Waals surface area contributed by atoms with Crippen LogP contribution in [0.3, 0.4) is 0 Å². The smallest absolute Gasteiger partial charge is 0.236 e. The van der Waals surface area contributed by atoms with Crippen molar-refractivity contribution in [1.82, 2.24) is 9.97 Å². The lowest BCUT2D eigenvalue weighted by Gasteiger charge is -1.99. The number of fused-ring (bicyclic) bond motifs is 1. The van der Waals surface area contributed by atoms with Crippen LogP contribution in [-0.2, 0) is 4.79 Å². The monoisotopic (exact) mass is 413 g/mol. The van der Waals surface area contributed by atoms with Crippen molar-refractivity contribution >= 4 is 55.7 Å². The first-order chi connectivity index (χ1) is 13.2. The van der Waals surface area contributed by atoms with Gasteiger partial charge in [-0.15, -0.1) is 11.3 Å². The van der Waals surface area contributed by atoms with Gasteiger partial charge in [0.2, 0.25) is 5.91 Å². The molecule has 2 heterocycles. The highest BCUT2D eigenvalue weighted by Crippen LogP contribution is 2.30. The molecule has 0 saturated heterocycles. The molecule has 0 spiro atoms. The third-order valence-electron chi connectivity index (χ3n) is 3.72. The number of carbonyl (C=O) groups is 1. The lowest BCUT2D eigenvalue weighted by molar-refractivity contribution is -0.113. The standard InChI is InChI=1S/C19H15N3O2S3/c1-24-13-7-8-14-16(9-13)27-18(20-14)22-17(23)11-26-19-21-15(10-25-19)12-5-3-2-4-6-12/h2-10H,11H2,1H3,(H,20,22,23). The number of nitrogens with one attached hydrogen (secondary N) is 1. The largest absolute Gasteiger partial charge is 0.497 e. The molecule has 2 aromatic carbocycles. The molecule has 0 aliphatic heterocycles. The van der Waals surface area contributed by atoms with E-state index < -0.39 is 0 Å². The summed E-state index contributed by atoms with van der Waals surface area (Å²) in [5.41, 5.74) is 2.86. The molecule has 0 unspecified atom stereocenters. The fourth-order valence-corrected chi connectivity index (χ4v) is 4.98. The van der Waals surface area contributed by atoms with Gasteiger partial charge in [0.1, 0.15) is 5.75 Å². The molecule has 4 rings (SSSR count). The Bertz CT molecular complexity index is 1080. The van der Waals surface area contributed by atoms with Crippen molar-refractivity contribution in [3.8, 4) is 17.0 Å². The second-order valence-corrected chi connectivity index (χ2v) is 8.67. The van der Waals surface area contributed by atoms with Crippen LogP contribution in [0.25, 0.3) is 21.5 Å². The van der Waals surface area contributed by atoms with Gasteiger partial charge < -0.3 is 10.1 Å². The Morgan fingerprint density at radius 3 is 2.85 bits per heavy atom. The van der Waals surface area contributed by atoms with Crippen molar-refractivity contribution < 1.29 is 9.53 Å². The molecule has 4 aromatic rings. The molecule has 8 heteroatoms. The minimum atomic E-state index is -0.0949. The van der Waals surface area contributed by atoms with E-state index in [-0.39, 0.29) is 5.91 Å². The van der Waals surface area contributed by atoms with Gasteiger partial charge in [0.05, 0.1) is 28.8 Å². The molecule has 0 aliphatic carbocycles. The van der Waals surface area contributed by atoms with Gasteiger partial charge in [0.15, 0.2) is 9.47 Å². The van der Waals surface area contributed by atoms with E-state index in [9.17, 15) is 4.79 Å². The lowest BCUT2D eigenvalue weighted by Crippen LogP contribution is -2.13. The maximum absolute atomic E-state index is 12.2. The van der Waals surface area contributed by atoms with E-state index in [1.54, 1.807) is 18.4 Å². The molecule has 0 radical (unpaired) electrons. The topological polar surface area (TPSA) is 64.1 Å². The number of nitrogens with zero attached hydrogens (tertiary/aromatic N) is 2. The van der Waals surface area contributed by atoms with Crippen LogP contribution >= 0.6 is 34.4 Å². The lowest BCUT2D eigenvalue weighted by atomic mass is 10.2. The van der Waals surface area contributed by atoms with Crippen molar-refractivity contribution in [3.63, 3.8) is 0 Å². The number of aromatic nitrogens is 2. The Kier molecular flexibility index (Phi) is 5.38. The number of carbonyl (C=O) groups excluding carboxylic acids is 1. The number of benzene rings is 2. The second-order valence-electron chi connectivity index (χ2n) is 5.55. The van der Waals surface area contributed by atoms with E-state index in [4.69, 9.17) is 4.74 Å². The minimum absolute atomic E-state index is 0.0949. The highest BCUT2D eigenvalue weighted by molar-refractivity contribution is 8.01. The van der Waals surface area contributed by atoms with Gasteiger partial charge in [-0.2, -0.15) is 0 Å². The van der Waals surface area contributed by atoms with E-state index in [0.29, 0.717) is 10.9 Å². The van der Waals surface area contributed by atoms with Crippen LogP contribution in [-0.4, -0.2) is 28.7 Å². The maximum Gasteiger partial charge on any atom is 0.236 e. The number of methoxy groups -OCH3 is 1. The zero-order valence-corrected chi connectivity index (χ0v) is 16.8. The molecule has 1 N–H and O–H groups in total. The van der Waals surface area contributed by atoms with E-state index in [1.807, 2.05) is 53.9 Å². The van der Waals surface area contributed by atoms with Crippen LogP contribution in [0.5, 0.6) is 5.75 Å².